The van der Waals surface area contributed by atoms with Gasteiger partial charge in [-0.25, -0.2) is 0 Å². The zero-order chi connectivity index (χ0) is 46.3. The van der Waals surface area contributed by atoms with Gasteiger partial charge in [-0.15, -0.1) is 0 Å². The van der Waals surface area contributed by atoms with Crippen LogP contribution in [0.2, 0.25) is 0 Å². The summed E-state index contributed by atoms with van der Waals surface area (Å²) >= 11 is 0. The van der Waals surface area contributed by atoms with Crippen molar-refractivity contribution < 1.29 is 0 Å². The second-order valence-electron chi connectivity index (χ2n) is 17.2. The van der Waals surface area contributed by atoms with Crippen molar-refractivity contribution in [1.29, 1.82) is 0 Å². The van der Waals surface area contributed by atoms with Crippen LogP contribution >= 0.6 is 0 Å². The molecule has 0 unspecified atom stereocenters. The summed E-state index contributed by atoms with van der Waals surface area (Å²) in [5.41, 5.74) is 14.7. The van der Waals surface area contributed by atoms with Crippen molar-refractivity contribution in [1.82, 2.24) is 0 Å². The summed E-state index contributed by atoms with van der Waals surface area (Å²) in [5, 5.41) is 5.39. The molecule has 334 valence electrons. The van der Waals surface area contributed by atoms with Gasteiger partial charge in [0.1, 0.15) is 0 Å². The molecule has 0 radical (unpaired) electrons. The number of rotatable bonds is 0. The monoisotopic (exact) mass is 878 g/mol. The average Bonchev–Trinajstić information content (AvgIpc) is 4.26. The first-order valence-electron chi connectivity index (χ1n) is 24.3. The quantitative estimate of drug-likeness (QED) is 0.142. The van der Waals surface area contributed by atoms with E-state index in [4.69, 9.17) is 0 Å². The van der Waals surface area contributed by atoms with E-state index >= 15 is 0 Å². The first-order chi connectivity index (χ1) is 33.8. The highest BCUT2D eigenvalue weighted by atomic mass is 14.2. The molecule has 7 aromatic carbocycles. The van der Waals surface area contributed by atoms with Crippen molar-refractivity contribution in [3.63, 3.8) is 0 Å². The lowest BCUT2D eigenvalue weighted by atomic mass is 10.1. The topological polar surface area (TPSA) is 0 Å². The number of allylic oxidation sites excluding steroid dienone is 17. The third-order valence-corrected chi connectivity index (χ3v) is 12.5. The second kappa shape index (κ2) is 25.8. The van der Waals surface area contributed by atoms with Crippen molar-refractivity contribution in [2.24, 2.45) is 0 Å². The Bertz CT molecular complexity index is 2890. The zero-order valence-corrected chi connectivity index (χ0v) is 39.2. The third-order valence-electron chi connectivity index (χ3n) is 12.5. The molecule has 0 heteroatoms. The van der Waals surface area contributed by atoms with E-state index in [1.165, 1.54) is 91.4 Å². The number of hydrogen-bond donors (Lipinski definition) is 0. The van der Waals surface area contributed by atoms with Gasteiger partial charge in [0.2, 0.25) is 0 Å². The molecule has 0 fully saturated rings. The van der Waals surface area contributed by atoms with Gasteiger partial charge in [-0.1, -0.05) is 290 Å². The maximum atomic E-state index is 2.25. The van der Waals surface area contributed by atoms with Crippen LogP contribution < -0.4 is 10.4 Å². The predicted molar refractivity (Wildman–Crippen MR) is 295 cm³/mol. The Morgan fingerprint density at radius 1 is 0.279 bits per heavy atom. The SMILES string of the molecule is C1=CC2=C(C1)CC=C2.C1=CC2=C(C1)CC=C2.C1=CCC=C1.C1=Cc2ccccc2C1.C1=c2ccccc2=CC1.c1ccc2c(c1)Cc1ccccc1-2.c1ccc2ccccc2c1.c1ccccc1. The van der Waals surface area contributed by atoms with Gasteiger partial charge in [-0.3, -0.25) is 0 Å². The molecule has 8 aliphatic carbocycles. The van der Waals surface area contributed by atoms with Crippen LogP contribution in [0.5, 0.6) is 0 Å². The molecule has 0 N–H and O–H groups in total. The fourth-order valence-electron chi connectivity index (χ4n) is 8.91. The average molecular weight is 879 g/mol. The number of hydrogen-bond acceptors (Lipinski definition) is 0. The van der Waals surface area contributed by atoms with Crippen LogP contribution in [0, 0.1) is 0 Å². The van der Waals surface area contributed by atoms with Gasteiger partial charge in [-0.2, -0.15) is 0 Å². The van der Waals surface area contributed by atoms with E-state index in [-0.39, 0.29) is 0 Å². The van der Waals surface area contributed by atoms with Crippen LogP contribution in [0.25, 0.3) is 40.1 Å². The van der Waals surface area contributed by atoms with E-state index in [9.17, 15) is 0 Å². The Morgan fingerprint density at radius 2 is 0.662 bits per heavy atom. The fourth-order valence-corrected chi connectivity index (χ4v) is 8.91. The Hall–Kier alpha value is -7.80. The van der Waals surface area contributed by atoms with E-state index in [0.29, 0.717) is 0 Å². The molecule has 68 heavy (non-hydrogen) atoms. The molecule has 7 aromatic rings. The standard InChI is InChI=1S/C13H10.C10H8.2C9H8.2C8H8.C6H6.C5H6/c1-3-7-12-10(5-1)9-11-6-2-4-8-13(11)12;1-2-6-10-8-4-3-7-9(10)5-1;2*1-2-5-9-7-3-6-8(9)4-1;2*1-3-7-5-2-6-8(7)4-1;1-2-4-6-5-3-1;1-2-4-5-3-1/h1-8H,9H2;1-8H;1-2,4-7H,3H2;1-6H,7H2;2*1-3,5H,4,6H2;1-6H;1-4H,5H2. The van der Waals surface area contributed by atoms with Gasteiger partial charge in [0, 0.05) is 0 Å². The molecule has 15 rings (SSSR count). The Labute approximate surface area is 405 Å². The fraction of sp³-hybridized carbons (Fsp3) is 0.118. The summed E-state index contributed by atoms with van der Waals surface area (Å²) in [4.78, 5) is 0. The van der Waals surface area contributed by atoms with E-state index in [1.807, 2.05) is 36.4 Å². The molecule has 0 spiro atoms. The van der Waals surface area contributed by atoms with Crippen LogP contribution in [0.1, 0.15) is 60.8 Å². The first kappa shape index (κ1) is 46.7. The van der Waals surface area contributed by atoms with Gasteiger partial charge in [0.25, 0.3) is 0 Å². The molecule has 0 heterocycles. The summed E-state index contributed by atoms with van der Waals surface area (Å²) < 4.78 is 0. The minimum absolute atomic E-state index is 1.10. The molecule has 0 saturated carbocycles. The summed E-state index contributed by atoms with van der Waals surface area (Å²) in [6.07, 6.45) is 44.2. The van der Waals surface area contributed by atoms with Crippen LogP contribution in [0.4, 0.5) is 0 Å². The predicted octanol–water partition coefficient (Wildman–Crippen LogP) is 16.6. The normalized spacial score (nSPS) is 14.9. The second-order valence-corrected chi connectivity index (χ2v) is 17.2. The molecular weight excluding hydrogens is 817 g/mol. The summed E-state index contributed by atoms with van der Waals surface area (Å²) in [6, 6.07) is 63.0. The summed E-state index contributed by atoms with van der Waals surface area (Å²) in [7, 11) is 0. The maximum Gasteiger partial charge on any atom is -0.00135 e. The van der Waals surface area contributed by atoms with Crippen molar-refractivity contribution in [2.75, 3.05) is 0 Å². The lowest BCUT2D eigenvalue weighted by molar-refractivity contribution is 1.15. The summed E-state index contributed by atoms with van der Waals surface area (Å²) in [5.74, 6) is 0. The van der Waals surface area contributed by atoms with Crippen molar-refractivity contribution in [3.05, 3.63) is 316 Å². The molecular formula is C68H62. The van der Waals surface area contributed by atoms with Crippen molar-refractivity contribution in [2.45, 2.75) is 51.4 Å². The van der Waals surface area contributed by atoms with Crippen molar-refractivity contribution in [3.8, 4) is 11.1 Å². The highest BCUT2D eigenvalue weighted by Gasteiger charge is 2.16. The van der Waals surface area contributed by atoms with E-state index in [0.717, 1.165) is 25.7 Å². The lowest BCUT2D eigenvalue weighted by Gasteiger charge is -1.98. The smallest absolute Gasteiger partial charge is 0.00135 e. The minimum atomic E-state index is 1.10. The molecule has 0 aromatic heterocycles. The first-order valence-corrected chi connectivity index (χ1v) is 24.3. The number of benzene rings is 7. The Balaban J connectivity index is 0.000000106. The molecule has 0 aliphatic heterocycles. The third kappa shape index (κ3) is 13.9. The summed E-state index contributed by atoms with van der Waals surface area (Å²) in [6.45, 7) is 0. The molecule has 8 aliphatic rings. The minimum Gasteiger partial charge on any atom is -0.0808 e. The van der Waals surface area contributed by atoms with Gasteiger partial charge < -0.3 is 0 Å². The van der Waals surface area contributed by atoms with Crippen LogP contribution in [0.3, 0.4) is 0 Å². The van der Waals surface area contributed by atoms with Crippen LogP contribution in [0.15, 0.2) is 283 Å². The van der Waals surface area contributed by atoms with Gasteiger partial charge in [-0.05, 0) is 117 Å². The largest absolute Gasteiger partial charge is 0.0808 e. The Morgan fingerprint density at radius 3 is 1.07 bits per heavy atom. The molecule has 0 nitrogen and oxygen atoms in total. The van der Waals surface area contributed by atoms with Crippen LogP contribution in [-0.2, 0) is 12.8 Å². The Kier molecular flexibility index (Phi) is 17.7. The molecule has 0 atom stereocenters. The van der Waals surface area contributed by atoms with Crippen molar-refractivity contribution >= 4 is 29.0 Å². The highest BCUT2D eigenvalue weighted by Crippen LogP contribution is 2.35. The van der Waals surface area contributed by atoms with Gasteiger partial charge >= 0.3 is 0 Å². The maximum absolute atomic E-state index is 2.25. The molecule has 0 saturated heterocycles. The lowest BCUT2D eigenvalue weighted by Crippen LogP contribution is -2.19. The highest BCUT2D eigenvalue weighted by molar-refractivity contribution is 5.82. The van der Waals surface area contributed by atoms with Gasteiger partial charge in [0.05, 0.1) is 0 Å². The van der Waals surface area contributed by atoms with E-state index in [2.05, 4.69) is 243 Å². The van der Waals surface area contributed by atoms with E-state index in [1.54, 1.807) is 11.1 Å². The molecule has 0 bridgehead atoms. The van der Waals surface area contributed by atoms with Gasteiger partial charge in [0.15, 0.2) is 0 Å². The van der Waals surface area contributed by atoms with E-state index < -0.39 is 0 Å². The molecule has 0 amide bonds. The van der Waals surface area contributed by atoms with Crippen LogP contribution in [-0.4, -0.2) is 0 Å². The number of fused-ring (bicyclic) bond motifs is 6. The zero-order valence-electron chi connectivity index (χ0n) is 39.2.